The highest BCUT2D eigenvalue weighted by molar-refractivity contribution is 5.91. The van der Waals surface area contributed by atoms with Crippen molar-refractivity contribution in [3.63, 3.8) is 0 Å². The van der Waals surface area contributed by atoms with E-state index in [9.17, 15) is 4.79 Å². The maximum atomic E-state index is 11.5. The summed E-state index contributed by atoms with van der Waals surface area (Å²) in [6.07, 6.45) is 1.44. The van der Waals surface area contributed by atoms with E-state index >= 15 is 0 Å². The van der Waals surface area contributed by atoms with Crippen molar-refractivity contribution in [1.82, 2.24) is 0 Å². The fraction of sp³-hybridized carbons (Fsp3) is 0.727. The summed E-state index contributed by atoms with van der Waals surface area (Å²) in [5, 5.41) is 0. The Hall–Kier alpha value is -0.590. The van der Waals surface area contributed by atoms with Crippen LogP contribution in [-0.4, -0.2) is 5.78 Å². The van der Waals surface area contributed by atoms with Crippen LogP contribution in [0.5, 0.6) is 0 Å². The maximum absolute atomic E-state index is 11.5. The second kappa shape index (κ2) is 3.88. The van der Waals surface area contributed by atoms with Crippen LogP contribution in [0.25, 0.3) is 0 Å². The predicted octanol–water partition coefficient (Wildman–Crippen LogP) is 3.06. The van der Waals surface area contributed by atoms with E-state index in [1.54, 1.807) is 0 Å². The molecular formula is C11H20O. The third kappa shape index (κ3) is 2.80. The molecule has 12 heavy (non-hydrogen) atoms. The van der Waals surface area contributed by atoms with Crippen molar-refractivity contribution >= 4 is 5.78 Å². The van der Waals surface area contributed by atoms with Gasteiger partial charge in [0.25, 0.3) is 0 Å². The Morgan fingerprint density at radius 1 is 1.33 bits per heavy atom. The van der Waals surface area contributed by atoms with E-state index < -0.39 is 0 Å². The Balaban J connectivity index is 4.67. The Labute approximate surface area is 75.9 Å². The van der Waals surface area contributed by atoms with Gasteiger partial charge in [0.1, 0.15) is 0 Å². The summed E-state index contributed by atoms with van der Waals surface area (Å²) in [4.78, 5) is 11.5. The summed E-state index contributed by atoms with van der Waals surface area (Å²) in [6.45, 7) is 14.0. The smallest absolute Gasteiger partial charge is 0.158 e. The van der Waals surface area contributed by atoms with Crippen molar-refractivity contribution in [2.75, 3.05) is 0 Å². The highest BCUT2D eigenvalue weighted by Crippen LogP contribution is 2.32. The minimum absolute atomic E-state index is 0.0411. The third-order valence-electron chi connectivity index (χ3n) is 2.11. The molecule has 0 aromatic rings. The molecule has 0 aliphatic carbocycles. The van der Waals surface area contributed by atoms with Gasteiger partial charge in [-0.1, -0.05) is 41.2 Å². The van der Waals surface area contributed by atoms with Gasteiger partial charge >= 0.3 is 0 Å². The van der Waals surface area contributed by atoms with Crippen molar-refractivity contribution in [3.05, 3.63) is 12.7 Å². The normalized spacial score (nSPS) is 14.5. The van der Waals surface area contributed by atoms with Crippen molar-refractivity contribution in [3.8, 4) is 0 Å². The quantitative estimate of drug-likeness (QED) is 0.592. The average molecular weight is 168 g/mol. The van der Waals surface area contributed by atoms with Crippen LogP contribution in [0, 0.1) is 17.3 Å². The van der Waals surface area contributed by atoms with E-state index in [0.29, 0.717) is 5.92 Å². The van der Waals surface area contributed by atoms with E-state index in [1.165, 1.54) is 6.08 Å². The van der Waals surface area contributed by atoms with Gasteiger partial charge in [0.2, 0.25) is 0 Å². The Morgan fingerprint density at radius 3 is 1.83 bits per heavy atom. The summed E-state index contributed by atoms with van der Waals surface area (Å²) in [5.41, 5.74) is 0.0411. The van der Waals surface area contributed by atoms with Gasteiger partial charge in [0.05, 0.1) is 0 Å². The maximum Gasteiger partial charge on any atom is 0.158 e. The number of carbonyl (C=O) groups excluding carboxylic acids is 1. The summed E-state index contributed by atoms with van der Waals surface area (Å²) >= 11 is 0. The number of hydrogen-bond donors (Lipinski definition) is 0. The van der Waals surface area contributed by atoms with E-state index in [2.05, 4.69) is 41.2 Å². The zero-order chi connectivity index (χ0) is 9.94. The zero-order valence-electron chi connectivity index (χ0n) is 8.85. The van der Waals surface area contributed by atoms with Crippen molar-refractivity contribution < 1.29 is 4.79 Å². The molecule has 0 rings (SSSR count). The van der Waals surface area contributed by atoms with Crippen LogP contribution < -0.4 is 0 Å². The largest absolute Gasteiger partial charge is 0.295 e. The molecule has 0 aliphatic rings. The molecule has 0 N–H and O–H groups in total. The molecule has 1 heteroatoms. The molecule has 0 heterocycles. The van der Waals surface area contributed by atoms with E-state index in [-0.39, 0.29) is 17.1 Å². The lowest BCUT2D eigenvalue weighted by Gasteiger charge is -2.31. The van der Waals surface area contributed by atoms with Gasteiger partial charge in [0, 0.05) is 5.92 Å². The number of rotatable bonds is 3. The third-order valence-corrected chi connectivity index (χ3v) is 2.11. The lowest BCUT2D eigenvalue weighted by atomic mass is 9.72. The first-order valence-electron chi connectivity index (χ1n) is 4.47. The van der Waals surface area contributed by atoms with Crippen LogP contribution in [0.15, 0.2) is 12.7 Å². The molecule has 0 aromatic heterocycles. The van der Waals surface area contributed by atoms with Gasteiger partial charge in [-0.15, -0.1) is 0 Å². The molecule has 0 radical (unpaired) electrons. The lowest BCUT2D eigenvalue weighted by Crippen LogP contribution is -2.31. The molecule has 0 bridgehead atoms. The second-order valence-electron chi connectivity index (χ2n) is 4.69. The monoisotopic (exact) mass is 168 g/mol. The standard InChI is InChI=1S/C11H20O/c1-7-9(12)10(8(2)3)11(4,5)6/h7-8,10H,1H2,2-6H3. The summed E-state index contributed by atoms with van der Waals surface area (Å²) in [6, 6.07) is 0. The predicted molar refractivity (Wildman–Crippen MR) is 53.0 cm³/mol. The molecule has 70 valence electrons. The molecule has 0 amide bonds. The number of allylic oxidation sites excluding steroid dienone is 1. The van der Waals surface area contributed by atoms with Crippen LogP contribution in [0.1, 0.15) is 34.6 Å². The molecule has 0 saturated heterocycles. The van der Waals surface area contributed by atoms with Gasteiger partial charge in [-0.2, -0.15) is 0 Å². The van der Waals surface area contributed by atoms with E-state index in [1.807, 2.05) is 0 Å². The molecule has 0 saturated carbocycles. The molecule has 0 spiro atoms. The van der Waals surface area contributed by atoms with Crippen LogP contribution in [0.3, 0.4) is 0 Å². The second-order valence-corrected chi connectivity index (χ2v) is 4.69. The molecular weight excluding hydrogens is 148 g/mol. The zero-order valence-corrected chi connectivity index (χ0v) is 8.85. The fourth-order valence-electron chi connectivity index (χ4n) is 1.88. The topological polar surface area (TPSA) is 17.1 Å². The van der Waals surface area contributed by atoms with Gasteiger partial charge in [-0.25, -0.2) is 0 Å². The minimum Gasteiger partial charge on any atom is -0.295 e. The van der Waals surface area contributed by atoms with Gasteiger partial charge in [0.15, 0.2) is 5.78 Å². The molecule has 0 fully saturated rings. The van der Waals surface area contributed by atoms with Crippen molar-refractivity contribution in [1.29, 1.82) is 0 Å². The van der Waals surface area contributed by atoms with Crippen LogP contribution in [0.2, 0.25) is 0 Å². The summed E-state index contributed by atoms with van der Waals surface area (Å²) < 4.78 is 0. The molecule has 1 unspecified atom stereocenters. The first-order valence-corrected chi connectivity index (χ1v) is 4.47. The Morgan fingerprint density at radius 2 is 1.75 bits per heavy atom. The summed E-state index contributed by atoms with van der Waals surface area (Å²) in [5.74, 6) is 0.642. The van der Waals surface area contributed by atoms with Crippen LogP contribution >= 0.6 is 0 Å². The highest BCUT2D eigenvalue weighted by atomic mass is 16.1. The number of carbonyl (C=O) groups is 1. The van der Waals surface area contributed by atoms with Crippen molar-refractivity contribution in [2.24, 2.45) is 17.3 Å². The fourth-order valence-corrected chi connectivity index (χ4v) is 1.88. The lowest BCUT2D eigenvalue weighted by molar-refractivity contribution is -0.122. The SMILES string of the molecule is C=CC(=O)C(C(C)C)C(C)(C)C. The Bertz CT molecular complexity index is 172. The van der Waals surface area contributed by atoms with Gasteiger partial charge < -0.3 is 0 Å². The van der Waals surface area contributed by atoms with E-state index in [4.69, 9.17) is 0 Å². The number of hydrogen-bond acceptors (Lipinski definition) is 1. The number of ketones is 1. The highest BCUT2D eigenvalue weighted by Gasteiger charge is 2.31. The van der Waals surface area contributed by atoms with Crippen LogP contribution in [-0.2, 0) is 4.79 Å². The first kappa shape index (κ1) is 11.4. The molecule has 1 nitrogen and oxygen atoms in total. The van der Waals surface area contributed by atoms with E-state index in [0.717, 1.165) is 0 Å². The van der Waals surface area contributed by atoms with Crippen molar-refractivity contribution in [2.45, 2.75) is 34.6 Å². The minimum atomic E-state index is 0.0411. The van der Waals surface area contributed by atoms with Gasteiger partial charge in [-0.05, 0) is 17.4 Å². The molecule has 0 aliphatic heterocycles. The Kier molecular flexibility index (Phi) is 3.69. The molecule has 1 atom stereocenters. The van der Waals surface area contributed by atoms with Gasteiger partial charge in [-0.3, -0.25) is 4.79 Å². The summed E-state index contributed by atoms with van der Waals surface area (Å²) in [7, 11) is 0. The average Bonchev–Trinajstić information content (AvgIpc) is 1.83. The van der Waals surface area contributed by atoms with Crippen LogP contribution in [0.4, 0.5) is 0 Å². The molecule has 0 aromatic carbocycles. The first-order chi connectivity index (χ1) is 5.30.